The van der Waals surface area contributed by atoms with Crippen molar-refractivity contribution in [3.8, 4) is 11.5 Å². The maximum atomic E-state index is 13.7. The lowest BCUT2D eigenvalue weighted by atomic mass is 10.1. The van der Waals surface area contributed by atoms with Crippen molar-refractivity contribution < 1.29 is 36.9 Å². The lowest BCUT2D eigenvalue weighted by Gasteiger charge is -2.38. The van der Waals surface area contributed by atoms with E-state index >= 15 is 0 Å². The Balaban J connectivity index is 1.80. The lowest BCUT2D eigenvalue weighted by molar-refractivity contribution is -0.142. The normalized spacial score (nSPS) is 20.9. The molecule has 0 radical (unpaired) electrons. The van der Waals surface area contributed by atoms with Crippen LogP contribution in [-0.4, -0.2) is 34.9 Å². The third-order valence-electron chi connectivity index (χ3n) is 4.92. The molecule has 0 saturated carbocycles. The van der Waals surface area contributed by atoms with Gasteiger partial charge in [-0.2, -0.15) is 13.2 Å². The van der Waals surface area contributed by atoms with E-state index in [1.165, 1.54) is 41.1 Å². The molecule has 1 saturated heterocycles. The second-order valence-corrected chi connectivity index (χ2v) is 9.46. The van der Waals surface area contributed by atoms with E-state index in [2.05, 4.69) is 0 Å². The Hall–Kier alpha value is -2.35. The minimum atomic E-state index is -4.43. The number of carboxylic acid groups (broad SMARTS) is 1. The van der Waals surface area contributed by atoms with Gasteiger partial charge < -0.3 is 14.4 Å². The van der Waals surface area contributed by atoms with Gasteiger partial charge in [0.05, 0.1) is 17.5 Å². The summed E-state index contributed by atoms with van der Waals surface area (Å²) in [7, 11) is -3.57. The quantitative estimate of drug-likeness (QED) is 0.570. The summed E-state index contributed by atoms with van der Waals surface area (Å²) in [6.07, 6.45) is -2.89. The minimum absolute atomic E-state index is 0.219. The first kappa shape index (κ1) is 23.3. The van der Waals surface area contributed by atoms with Crippen LogP contribution in [0.15, 0.2) is 48.5 Å². The van der Waals surface area contributed by atoms with Gasteiger partial charge in [0.2, 0.25) is 0 Å². The van der Waals surface area contributed by atoms with E-state index < -0.39 is 31.3 Å². The summed E-state index contributed by atoms with van der Waals surface area (Å²) >= 11 is 0. The Morgan fingerprint density at radius 1 is 1.16 bits per heavy atom. The maximum absolute atomic E-state index is 13.7. The maximum Gasteiger partial charge on any atom is 0.416 e. The molecule has 3 rings (SSSR count). The van der Waals surface area contributed by atoms with Crippen LogP contribution in [0.25, 0.3) is 0 Å². The molecule has 2 atom stereocenters. The van der Waals surface area contributed by atoms with Crippen molar-refractivity contribution in [1.82, 2.24) is 4.67 Å². The molecule has 1 aliphatic heterocycles. The van der Waals surface area contributed by atoms with Gasteiger partial charge in [-0.15, -0.1) is 0 Å². The molecule has 1 unspecified atom stereocenters. The molecule has 10 heteroatoms. The first-order valence-corrected chi connectivity index (χ1v) is 11.4. The van der Waals surface area contributed by atoms with Gasteiger partial charge in [0.15, 0.2) is 0 Å². The fourth-order valence-corrected chi connectivity index (χ4v) is 5.89. The highest BCUT2D eigenvalue weighted by Crippen LogP contribution is 2.54. The summed E-state index contributed by atoms with van der Waals surface area (Å²) < 4.78 is 64.3. The third-order valence-corrected chi connectivity index (χ3v) is 7.56. The number of hydrogen-bond acceptors (Lipinski definition) is 4. The van der Waals surface area contributed by atoms with Crippen molar-refractivity contribution in [2.45, 2.75) is 38.4 Å². The van der Waals surface area contributed by atoms with Crippen LogP contribution in [0, 0.1) is 0 Å². The summed E-state index contributed by atoms with van der Waals surface area (Å²) in [5.74, 6) is -0.492. The molecular formula is C21H23F3NO5P. The molecule has 0 spiro atoms. The molecule has 31 heavy (non-hydrogen) atoms. The SMILES string of the molecule is CCC[C@H](C(=O)O)N1CCCOP1(=O)c1ccc(Oc2ccc(C(F)(F)F)cc2)cc1. The first-order valence-electron chi connectivity index (χ1n) is 9.85. The number of ether oxygens (including phenoxy) is 1. The van der Waals surface area contributed by atoms with Crippen LogP contribution in [0.3, 0.4) is 0 Å². The van der Waals surface area contributed by atoms with Crippen molar-refractivity contribution in [1.29, 1.82) is 0 Å². The average Bonchev–Trinajstić information content (AvgIpc) is 2.73. The van der Waals surface area contributed by atoms with E-state index in [4.69, 9.17) is 9.26 Å². The highest BCUT2D eigenvalue weighted by atomic mass is 31.2. The van der Waals surface area contributed by atoms with Crippen molar-refractivity contribution in [2.24, 2.45) is 0 Å². The molecule has 0 amide bonds. The molecule has 2 aromatic rings. The molecule has 2 aromatic carbocycles. The van der Waals surface area contributed by atoms with E-state index in [-0.39, 0.29) is 12.4 Å². The number of halogens is 3. The largest absolute Gasteiger partial charge is 0.480 e. The molecule has 1 aliphatic rings. The highest BCUT2D eigenvalue weighted by Gasteiger charge is 2.43. The number of carbonyl (C=O) groups is 1. The van der Waals surface area contributed by atoms with Crippen LogP contribution in [0.4, 0.5) is 13.2 Å². The van der Waals surface area contributed by atoms with Crippen molar-refractivity contribution in [2.75, 3.05) is 13.2 Å². The van der Waals surface area contributed by atoms with Crippen LogP contribution in [-0.2, 0) is 20.1 Å². The van der Waals surface area contributed by atoms with Gasteiger partial charge in [-0.05, 0) is 61.4 Å². The molecule has 0 aromatic heterocycles. The minimum Gasteiger partial charge on any atom is -0.480 e. The van der Waals surface area contributed by atoms with Crippen molar-refractivity contribution in [3.63, 3.8) is 0 Å². The van der Waals surface area contributed by atoms with Gasteiger partial charge in [-0.3, -0.25) is 9.36 Å². The van der Waals surface area contributed by atoms with E-state index in [0.717, 1.165) is 12.1 Å². The average molecular weight is 457 g/mol. The zero-order valence-corrected chi connectivity index (χ0v) is 17.7. The predicted octanol–water partition coefficient (Wildman–Crippen LogP) is 5.29. The lowest BCUT2D eigenvalue weighted by Crippen LogP contribution is -2.44. The van der Waals surface area contributed by atoms with Crippen molar-refractivity contribution in [3.05, 3.63) is 54.1 Å². The zero-order valence-electron chi connectivity index (χ0n) is 16.8. The van der Waals surface area contributed by atoms with Gasteiger partial charge in [0.25, 0.3) is 0 Å². The summed E-state index contributed by atoms with van der Waals surface area (Å²) in [5.41, 5.74) is -0.775. The molecule has 0 bridgehead atoms. The topological polar surface area (TPSA) is 76.1 Å². The van der Waals surface area contributed by atoms with Gasteiger partial charge in [0.1, 0.15) is 17.5 Å². The summed E-state index contributed by atoms with van der Waals surface area (Å²) in [4.78, 5) is 11.7. The number of rotatable bonds is 7. The Bertz CT molecular complexity index is 947. The van der Waals surface area contributed by atoms with Gasteiger partial charge in [-0.25, -0.2) is 4.67 Å². The predicted molar refractivity (Wildman–Crippen MR) is 109 cm³/mol. The number of alkyl halides is 3. The number of aliphatic carboxylic acids is 1. The van der Waals surface area contributed by atoms with Crippen LogP contribution < -0.4 is 10.0 Å². The number of nitrogens with zero attached hydrogens (tertiary/aromatic N) is 1. The van der Waals surface area contributed by atoms with E-state index in [1.54, 1.807) is 0 Å². The fourth-order valence-electron chi connectivity index (χ4n) is 3.41. The fraction of sp³-hybridized carbons (Fsp3) is 0.381. The monoisotopic (exact) mass is 457 g/mol. The Labute approximate surface area is 178 Å². The molecule has 1 heterocycles. The molecule has 6 nitrogen and oxygen atoms in total. The van der Waals surface area contributed by atoms with E-state index in [9.17, 15) is 27.6 Å². The summed E-state index contributed by atoms with van der Waals surface area (Å²) in [6.45, 7) is 2.47. The van der Waals surface area contributed by atoms with Crippen LogP contribution in [0.2, 0.25) is 0 Å². The zero-order chi connectivity index (χ0) is 22.6. The number of benzene rings is 2. The first-order chi connectivity index (χ1) is 14.6. The van der Waals surface area contributed by atoms with Gasteiger partial charge >= 0.3 is 19.7 Å². The summed E-state index contributed by atoms with van der Waals surface area (Å²) in [6, 6.07) is 9.48. The molecule has 0 aliphatic carbocycles. The van der Waals surface area contributed by atoms with E-state index in [0.29, 0.717) is 36.9 Å². The van der Waals surface area contributed by atoms with Gasteiger partial charge in [0, 0.05) is 6.54 Å². The number of carboxylic acids is 1. The molecule has 1 N–H and O–H groups in total. The van der Waals surface area contributed by atoms with Crippen molar-refractivity contribution >= 4 is 18.8 Å². The Morgan fingerprint density at radius 3 is 2.26 bits per heavy atom. The van der Waals surface area contributed by atoms with Gasteiger partial charge in [-0.1, -0.05) is 13.3 Å². The van der Waals surface area contributed by atoms with Crippen LogP contribution in [0.5, 0.6) is 11.5 Å². The molecule has 168 valence electrons. The standard InChI is InChI=1S/C21H23F3NO5P/c1-2-4-19(20(26)27)25-13-3-14-29-31(25,28)18-11-9-17(10-12-18)30-16-7-5-15(6-8-16)21(22,23)24/h5-12,19H,2-4,13-14H2,1H3,(H,26,27)/t19-,31?/m1/s1. The van der Waals surface area contributed by atoms with E-state index in [1.807, 2.05) is 6.92 Å². The second-order valence-electron chi connectivity index (χ2n) is 7.13. The number of hydrogen-bond donors (Lipinski definition) is 1. The Morgan fingerprint density at radius 2 is 1.74 bits per heavy atom. The Kier molecular flexibility index (Phi) is 7.09. The van der Waals surface area contributed by atoms with Crippen LogP contribution >= 0.6 is 7.52 Å². The van der Waals surface area contributed by atoms with Crippen LogP contribution in [0.1, 0.15) is 31.7 Å². The molecular weight excluding hydrogens is 434 g/mol. The second kappa shape index (κ2) is 9.42. The third kappa shape index (κ3) is 5.29. The summed E-state index contributed by atoms with van der Waals surface area (Å²) in [5, 5.41) is 9.95. The molecule has 1 fully saturated rings. The smallest absolute Gasteiger partial charge is 0.416 e. The highest BCUT2D eigenvalue weighted by molar-refractivity contribution is 7.64.